The molecule has 0 aliphatic heterocycles. The van der Waals surface area contributed by atoms with E-state index in [0.717, 1.165) is 44.7 Å². The van der Waals surface area contributed by atoms with Gasteiger partial charge in [0.25, 0.3) is 5.91 Å². The summed E-state index contributed by atoms with van der Waals surface area (Å²) in [5.74, 6) is -0.392. The Bertz CT molecular complexity index is 1190. The van der Waals surface area contributed by atoms with Crippen molar-refractivity contribution in [3.05, 3.63) is 53.9 Å². The summed E-state index contributed by atoms with van der Waals surface area (Å²) in [6.45, 7) is 3.95. The number of aromatic nitrogens is 5. The molecule has 0 saturated carbocycles. The van der Waals surface area contributed by atoms with Crippen LogP contribution >= 0.6 is 0 Å². The van der Waals surface area contributed by atoms with E-state index in [2.05, 4.69) is 25.1 Å². The number of hydrogen-bond acceptors (Lipinski definition) is 5. The maximum Gasteiger partial charge on any atom is 0.255 e. The molecular formula is C21H22N6O2. The highest BCUT2D eigenvalue weighted by Gasteiger charge is 2.20. The number of aliphatic hydroxyl groups excluding tert-OH is 1. The highest BCUT2D eigenvalue weighted by molar-refractivity contribution is 5.96. The number of fused-ring (bicyclic) bond motifs is 1. The second-order valence-electron chi connectivity index (χ2n) is 7.27. The molecule has 0 radical (unpaired) electrons. The molecule has 148 valence electrons. The van der Waals surface area contributed by atoms with Crippen molar-refractivity contribution in [1.29, 1.82) is 0 Å². The van der Waals surface area contributed by atoms with Gasteiger partial charge < -0.3 is 15.0 Å². The molecule has 1 atom stereocenters. The molecule has 0 aliphatic rings. The lowest BCUT2D eigenvalue weighted by Gasteiger charge is -2.16. The fraction of sp³-hybridized carbons (Fsp3) is 0.238. The number of rotatable bonds is 4. The summed E-state index contributed by atoms with van der Waals surface area (Å²) in [4.78, 5) is 25.4. The maximum absolute atomic E-state index is 12.1. The lowest BCUT2D eigenvalue weighted by Crippen LogP contribution is -2.28. The molecule has 4 heterocycles. The maximum atomic E-state index is 12.1. The van der Waals surface area contributed by atoms with E-state index in [0.29, 0.717) is 5.56 Å². The first-order chi connectivity index (χ1) is 13.9. The van der Waals surface area contributed by atoms with Crippen LogP contribution in [-0.4, -0.2) is 55.2 Å². The normalized spacial score (nSPS) is 12.3. The molecule has 0 spiro atoms. The summed E-state index contributed by atoms with van der Waals surface area (Å²) in [5.41, 5.74) is 6.81. The van der Waals surface area contributed by atoms with E-state index in [1.807, 2.05) is 26.1 Å². The smallest absolute Gasteiger partial charge is 0.255 e. The van der Waals surface area contributed by atoms with Crippen LogP contribution in [-0.2, 0) is 4.79 Å². The predicted molar refractivity (Wildman–Crippen MR) is 110 cm³/mol. The minimum atomic E-state index is -1.26. The van der Waals surface area contributed by atoms with Crippen molar-refractivity contribution in [3.63, 3.8) is 0 Å². The lowest BCUT2D eigenvalue weighted by atomic mass is 10.0. The zero-order valence-corrected chi connectivity index (χ0v) is 16.7. The number of carbonyl (C=O) groups is 1. The van der Waals surface area contributed by atoms with Gasteiger partial charge in [0.15, 0.2) is 6.10 Å². The molecule has 0 fully saturated rings. The van der Waals surface area contributed by atoms with Crippen LogP contribution in [0.4, 0.5) is 0 Å². The number of amides is 1. The zero-order chi connectivity index (χ0) is 20.7. The molecule has 0 aromatic carbocycles. The highest BCUT2D eigenvalue weighted by atomic mass is 16.3. The van der Waals surface area contributed by atoms with Gasteiger partial charge in [0.2, 0.25) is 0 Å². The van der Waals surface area contributed by atoms with Crippen molar-refractivity contribution in [2.75, 3.05) is 14.1 Å². The molecule has 8 nitrogen and oxygen atoms in total. The standard InChI is InChI=1S/C21H22N6O2/c1-11-18(12(2)26-25-11)17-10-24-20-16(17)6-14(9-23-20)13-5-15(8-22-7-13)19(28)21(29)27(3)4/h5-10,19,28H,1-4H3,(H,23,24)(H,25,26). The lowest BCUT2D eigenvalue weighted by molar-refractivity contribution is -0.137. The average molecular weight is 390 g/mol. The largest absolute Gasteiger partial charge is 0.378 e. The van der Waals surface area contributed by atoms with Gasteiger partial charge in [-0.25, -0.2) is 4.98 Å². The summed E-state index contributed by atoms with van der Waals surface area (Å²) >= 11 is 0. The predicted octanol–water partition coefficient (Wildman–Crippen LogP) is 2.75. The van der Waals surface area contributed by atoms with Gasteiger partial charge in [0.1, 0.15) is 5.65 Å². The van der Waals surface area contributed by atoms with Crippen molar-refractivity contribution in [3.8, 4) is 22.3 Å². The minimum Gasteiger partial charge on any atom is -0.378 e. The average Bonchev–Trinajstić information content (AvgIpc) is 3.28. The summed E-state index contributed by atoms with van der Waals surface area (Å²) in [7, 11) is 3.21. The topological polar surface area (TPSA) is 111 Å². The Morgan fingerprint density at radius 1 is 1.14 bits per heavy atom. The Labute approximate surface area is 167 Å². The number of aliphatic hydroxyl groups is 1. The Kier molecular flexibility index (Phi) is 4.63. The van der Waals surface area contributed by atoms with E-state index in [-0.39, 0.29) is 0 Å². The van der Waals surface area contributed by atoms with Crippen LogP contribution in [0.15, 0.2) is 36.9 Å². The summed E-state index contributed by atoms with van der Waals surface area (Å²) in [6.07, 6.45) is 5.62. The first-order valence-corrected chi connectivity index (χ1v) is 9.20. The molecule has 4 aromatic heterocycles. The van der Waals surface area contributed by atoms with Crippen LogP contribution in [0.5, 0.6) is 0 Å². The Balaban J connectivity index is 1.79. The van der Waals surface area contributed by atoms with E-state index in [1.54, 1.807) is 32.6 Å². The molecule has 0 aliphatic carbocycles. The number of likely N-dealkylation sites (N-methyl/N-ethyl adjacent to an activating group) is 1. The zero-order valence-electron chi connectivity index (χ0n) is 16.7. The molecule has 0 bridgehead atoms. The molecule has 1 unspecified atom stereocenters. The second-order valence-corrected chi connectivity index (χ2v) is 7.27. The Hall–Kier alpha value is -3.52. The Morgan fingerprint density at radius 2 is 1.90 bits per heavy atom. The highest BCUT2D eigenvalue weighted by Crippen LogP contribution is 2.34. The number of nitrogens with zero attached hydrogens (tertiary/aromatic N) is 4. The first kappa shape index (κ1) is 18.8. The first-order valence-electron chi connectivity index (χ1n) is 9.20. The molecule has 29 heavy (non-hydrogen) atoms. The number of hydrogen-bond donors (Lipinski definition) is 3. The fourth-order valence-electron chi connectivity index (χ4n) is 3.47. The van der Waals surface area contributed by atoms with E-state index < -0.39 is 12.0 Å². The molecule has 8 heteroatoms. The summed E-state index contributed by atoms with van der Waals surface area (Å²) in [5, 5.41) is 18.6. The van der Waals surface area contributed by atoms with E-state index >= 15 is 0 Å². The summed E-state index contributed by atoms with van der Waals surface area (Å²) in [6, 6.07) is 3.80. The number of nitrogens with one attached hydrogen (secondary N) is 2. The molecule has 3 N–H and O–H groups in total. The van der Waals surface area contributed by atoms with Gasteiger partial charge in [-0.2, -0.15) is 5.10 Å². The number of aromatic amines is 2. The molecule has 4 aromatic rings. The molecule has 1 amide bonds. The van der Waals surface area contributed by atoms with Gasteiger partial charge >= 0.3 is 0 Å². The Morgan fingerprint density at radius 3 is 2.59 bits per heavy atom. The van der Waals surface area contributed by atoms with Crippen LogP contribution in [0, 0.1) is 13.8 Å². The van der Waals surface area contributed by atoms with Crippen molar-refractivity contribution >= 4 is 16.9 Å². The number of H-pyrrole nitrogens is 2. The minimum absolute atomic E-state index is 0.392. The number of pyridine rings is 2. The SMILES string of the molecule is Cc1n[nH]c(C)c1-c1c[nH]c2ncc(-c3cncc(C(O)C(=O)N(C)C)c3)cc12. The molecule has 4 rings (SSSR count). The van der Waals surface area contributed by atoms with Crippen molar-refractivity contribution in [2.45, 2.75) is 20.0 Å². The monoisotopic (exact) mass is 390 g/mol. The third kappa shape index (κ3) is 3.27. The van der Waals surface area contributed by atoms with Crippen LogP contribution in [0.1, 0.15) is 23.1 Å². The van der Waals surface area contributed by atoms with Crippen molar-refractivity contribution < 1.29 is 9.90 Å². The third-order valence-electron chi connectivity index (χ3n) is 5.01. The second kappa shape index (κ2) is 7.14. The van der Waals surface area contributed by atoms with Gasteiger partial charge in [-0.15, -0.1) is 0 Å². The van der Waals surface area contributed by atoms with Crippen molar-refractivity contribution in [1.82, 2.24) is 30.0 Å². The van der Waals surface area contributed by atoms with E-state index in [4.69, 9.17) is 0 Å². The summed E-state index contributed by atoms with van der Waals surface area (Å²) < 4.78 is 0. The fourth-order valence-corrected chi connectivity index (χ4v) is 3.47. The third-order valence-corrected chi connectivity index (χ3v) is 5.01. The van der Waals surface area contributed by atoms with E-state index in [9.17, 15) is 9.90 Å². The van der Waals surface area contributed by atoms with Gasteiger partial charge in [-0.05, 0) is 26.0 Å². The van der Waals surface area contributed by atoms with Gasteiger partial charge in [0, 0.05) is 77.8 Å². The van der Waals surface area contributed by atoms with Crippen molar-refractivity contribution in [2.24, 2.45) is 0 Å². The van der Waals surface area contributed by atoms with Gasteiger partial charge in [0.05, 0.1) is 5.69 Å². The van der Waals surface area contributed by atoms with Gasteiger partial charge in [-0.1, -0.05) is 0 Å². The van der Waals surface area contributed by atoms with Crippen LogP contribution in [0.25, 0.3) is 33.3 Å². The van der Waals surface area contributed by atoms with Crippen LogP contribution < -0.4 is 0 Å². The van der Waals surface area contributed by atoms with Crippen LogP contribution in [0.3, 0.4) is 0 Å². The number of aryl methyl sites for hydroxylation is 2. The van der Waals surface area contributed by atoms with E-state index in [1.165, 1.54) is 11.1 Å². The quantitative estimate of drug-likeness (QED) is 0.496. The molecule has 0 saturated heterocycles. The van der Waals surface area contributed by atoms with Crippen LogP contribution in [0.2, 0.25) is 0 Å². The molecular weight excluding hydrogens is 368 g/mol. The number of carbonyl (C=O) groups excluding carboxylic acids is 1. The van der Waals surface area contributed by atoms with Gasteiger partial charge in [-0.3, -0.25) is 14.9 Å².